The van der Waals surface area contributed by atoms with Gasteiger partial charge in [-0.1, -0.05) is 20.3 Å². The average Bonchev–Trinajstić information content (AvgIpc) is 3.22. The van der Waals surface area contributed by atoms with E-state index in [1.807, 2.05) is 6.07 Å². The van der Waals surface area contributed by atoms with E-state index in [0.717, 1.165) is 24.6 Å². The highest BCUT2D eigenvalue weighted by molar-refractivity contribution is 5.48. The van der Waals surface area contributed by atoms with E-state index >= 15 is 0 Å². The van der Waals surface area contributed by atoms with Gasteiger partial charge in [0.15, 0.2) is 0 Å². The zero-order valence-electron chi connectivity index (χ0n) is 12.4. The monoisotopic (exact) mass is 262 g/mol. The van der Waals surface area contributed by atoms with Gasteiger partial charge in [0.1, 0.15) is 17.5 Å². The van der Waals surface area contributed by atoms with Gasteiger partial charge in [-0.3, -0.25) is 0 Å². The Labute approximate surface area is 116 Å². The van der Waals surface area contributed by atoms with Gasteiger partial charge in [-0.05, 0) is 32.6 Å². The van der Waals surface area contributed by atoms with E-state index in [0.29, 0.717) is 17.8 Å². The SMILES string of the molecule is CCCCN(c1cc(N)nc(C2CC2)n1)C(C)CC. The van der Waals surface area contributed by atoms with Crippen molar-refractivity contribution in [1.82, 2.24) is 9.97 Å². The molecule has 2 rings (SSSR count). The molecule has 1 atom stereocenters. The molecule has 4 nitrogen and oxygen atoms in total. The van der Waals surface area contributed by atoms with Gasteiger partial charge in [0.25, 0.3) is 0 Å². The van der Waals surface area contributed by atoms with Crippen molar-refractivity contribution in [3.63, 3.8) is 0 Å². The molecule has 1 aromatic rings. The van der Waals surface area contributed by atoms with Gasteiger partial charge in [-0.25, -0.2) is 9.97 Å². The Bertz CT molecular complexity index is 415. The predicted octanol–water partition coefficient (Wildman–Crippen LogP) is 3.34. The van der Waals surface area contributed by atoms with Crippen LogP contribution in [0.4, 0.5) is 11.6 Å². The van der Waals surface area contributed by atoms with Gasteiger partial charge in [-0.15, -0.1) is 0 Å². The third-order valence-electron chi connectivity index (χ3n) is 3.86. The number of unbranched alkanes of at least 4 members (excludes halogenated alkanes) is 1. The largest absolute Gasteiger partial charge is 0.384 e. The van der Waals surface area contributed by atoms with Crippen molar-refractivity contribution in [2.45, 2.75) is 64.8 Å². The molecule has 1 aromatic heterocycles. The van der Waals surface area contributed by atoms with Crippen LogP contribution in [-0.4, -0.2) is 22.6 Å². The lowest BCUT2D eigenvalue weighted by atomic mass is 10.2. The zero-order chi connectivity index (χ0) is 13.8. The van der Waals surface area contributed by atoms with Crippen LogP contribution >= 0.6 is 0 Å². The second-order valence-corrected chi connectivity index (χ2v) is 5.59. The molecule has 0 aliphatic heterocycles. The van der Waals surface area contributed by atoms with E-state index in [4.69, 9.17) is 10.7 Å². The minimum absolute atomic E-state index is 0.493. The molecule has 0 spiro atoms. The van der Waals surface area contributed by atoms with Crippen LogP contribution in [0.15, 0.2) is 6.07 Å². The van der Waals surface area contributed by atoms with Crippen molar-refractivity contribution in [3.8, 4) is 0 Å². The molecular weight excluding hydrogens is 236 g/mol. The summed E-state index contributed by atoms with van der Waals surface area (Å²) >= 11 is 0. The Kier molecular flexibility index (Phi) is 4.61. The minimum Gasteiger partial charge on any atom is -0.384 e. The number of anilines is 2. The molecule has 1 fully saturated rings. The standard InChI is InChI=1S/C15H26N4/c1-4-6-9-19(11(3)5-2)14-10-13(16)17-15(18-14)12-7-8-12/h10-12H,4-9H2,1-3H3,(H2,16,17,18). The number of nitrogens with two attached hydrogens (primary N) is 1. The van der Waals surface area contributed by atoms with Crippen LogP contribution in [0.2, 0.25) is 0 Å². The maximum absolute atomic E-state index is 5.96. The van der Waals surface area contributed by atoms with Crippen LogP contribution in [0.25, 0.3) is 0 Å². The van der Waals surface area contributed by atoms with E-state index in [-0.39, 0.29) is 0 Å². The van der Waals surface area contributed by atoms with Crippen molar-refractivity contribution in [2.24, 2.45) is 0 Å². The van der Waals surface area contributed by atoms with E-state index < -0.39 is 0 Å². The third-order valence-corrected chi connectivity index (χ3v) is 3.86. The number of nitrogens with zero attached hydrogens (tertiary/aromatic N) is 3. The van der Waals surface area contributed by atoms with Gasteiger partial charge in [0, 0.05) is 24.6 Å². The molecule has 106 valence electrons. The van der Waals surface area contributed by atoms with Crippen LogP contribution in [-0.2, 0) is 0 Å². The maximum Gasteiger partial charge on any atom is 0.136 e. The zero-order valence-corrected chi connectivity index (χ0v) is 12.4. The van der Waals surface area contributed by atoms with Gasteiger partial charge >= 0.3 is 0 Å². The van der Waals surface area contributed by atoms with E-state index in [1.54, 1.807) is 0 Å². The highest BCUT2D eigenvalue weighted by Gasteiger charge is 2.28. The van der Waals surface area contributed by atoms with Crippen molar-refractivity contribution >= 4 is 11.6 Å². The smallest absolute Gasteiger partial charge is 0.136 e. The lowest BCUT2D eigenvalue weighted by Crippen LogP contribution is -2.34. The Morgan fingerprint density at radius 3 is 2.68 bits per heavy atom. The first-order valence-electron chi connectivity index (χ1n) is 7.56. The fourth-order valence-corrected chi connectivity index (χ4v) is 2.25. The summed E-state index contributed by atoms with van der Waals surface area (Å²) in [4.78, 5) is 11.5. The van der Waals surface area contributed by atoms with Crippen LogP contribution < -0.4 is 10.6 Å². The molecule has 2 N–H and O–H groups in total. The summed E-state index contributed by atoms with van der Waals surface area (Å²) in [6.07, 6.45) is 5.92. The van der Waals surface area contributed by atoms with Crippen molar-refractivity contribution in [2.75, 3.05) is 17.2 Å². The number of nitrogen functional groups attached to an aromatic ring is 1. The highest BCUT2D eigenvalue weighted by Crippen LogP contribution is 2.39. The van der Waals surface area contributed by atoms with Gasteiger partial charge in [0.2, 0.25) is 0 Å². The molecule has 1 saturated carbocycles. The highest BCUT2D eigenvalue weighted by atomic mass is 15.2. The number of hydrogen-bond donors (Lipinski definition) is 1. The summed E-state index contributed by atoms with van der Waals surface area (Å²) in [6.45, 7) is 7.74. The van der Waals surface area contributed by atoms with Gasteiger partial charge in [0.05, 0.1) is 0 Å². The molecule has 0 amide bonds. The molecule has 0 radical (unpaired) electrons. The second kappa shape index (κ2) is 6.22. The second-order valence-electron chi connectivity index (χ2n) is 5.59. The Balaban J connectivity index is 2.23. The van der Waals surface area contributed by atoms with Crippen LogP contribution in [0.1, 0.15) is 64.6 Å². The summed E-state index contributed by atoms with van der Waals surface area (Å²) in [5, 5.41) is 0. The summed E-state index contributed by atoms with van der Waals surface area (Å²) < 4.78 is 0. The fourth-order valence-electron chi connectivity index (χ4n) is 2.25. The predicted molar refractivity (Wildman–Crippen MR) is 80.4 cm³/mol. The van der Waals surface area contributed by atoms with Crippen LogP contribution in [0.5, 0.6) is 0 Å². The van der Waals surface area contributed by atoms with Crippen molar-refractivity contribution in [3.05, 3.63) is 11.9 Å². The fraction of sp³-hybridized carbons (Fsp3) is 0.733. The number of rotatable bonds is 7. The molecule has 1 aliphatic carbocycles. The molecule has 1 aliphatic rings. The summed E-state index contributed by atoms with van der Waals surface area (Å²) in [6, 6.07) is 2.42. The molecule has 1 heterocycles. The first-order chi connectivity index (χ1) is 9.15. The molecular formula is C15H26N4. The lowest BCUT2D eigenvalue weighted by Gasteiger charge is -2.30. The van der Waals surface area contributed by atoms with Gasteiger partial charge in [-0.2, -0.15) is 0 Å². The van der Waals surface area contributed by atoms with Crippen molar-refractivity contribution in [1.29, 1.82) is 0 Å². The topological polar surface area (TPSA) is 55.0 Å². The molecule has 0 aromatic carbocycles. The Hall–Kier alpha value is -1.32. The van der Waals surface area contributed by atoms with Crippen LogP contribution in [0, 0.1) is 0 Å². The molecule has 4 heteroatoms. The quantitative estimate of drug-likeness (QED) is 0.818. The third kappa shape index (κ3) is 3.58. The summed E-state index contributed by atoms with van der Waals surface area (Å²) in [7, 11) is 0. The Morgan fingerprint density at radius 1 is 1.37 bits per heavy atom. The first-order valence-corrected chi connectivity index (χ1v) is 7.56. The number of aromatic nitrogens is 2. The molecule has 0 bridgehead atoms. The van der Waals surface area contributed by atoms with Crippen LogP contribution in [0.3, 0.4) is 0 Å². The van der Waals surface area contributed by atoms with E-state index in [1.165, 1.54) is 25.7 Å². The summed E-state index contributed by atoms with van der Waals surface area (Å²) in [5.74, 6) is 3.11. The van der Waals surface area contributed by atoms with Gasteiger partial charge < -0.3 is 10.6 Å². The first kappa shape index (κ1) is 14.1. The minimum atomic E-state index is 0.493. The average molecular weight is 262 g/mol. The summed E-state index contributed by atoms with van der Waals surface area (Å²) in [5.41, 5.74) is 5.96. The lowest BCUT2D eigenvalue weighted by molar-refractivity contribution is 0.588. The molecule has 0 saturated heterocycles. The van der Waals surface area contributed by atoms with Crippen molar-refractivity contribution < 1.29 is 0 Å². The molecule has 1 unspecified atom stereocenters. The molecule has 19 heavy (non-hydrogen) atoms. The number of hydrogen-bond acceptors (Lipinski definition) is 4. The van der Waals surface area contributed by atoms with E-state index in [9.17, 15) is 0 Å². The Morgan fingerprint density at radius 2 is 2.11 bits per heavy atom. The maximum atomic E-state index is 5.96. The van der Waals surface area contributed by atoms with E-state index in [2.05, 4.69) is 30.7 Å². The normalized spacial score (nSPS) is 16.4.